The van der Waals surface area contributed by atoms with Crippen LogP contribution in [-0.4, -0.2) is 29.8 Å². The van der Waals surface area contributed by atoms with Gasteiger partial charge in [-0.05, 0) is 0 Å². The number of nitrogen functional groups attached to an aromatic ring is 1. The van der Waals surface area contributed by atoms with Gasteiger partial charge in [0.25, 0.3) is 0 Å². The van der Waals surface area contributed by atoms with Crippen LogP contribution < -0.4 is 5.73 Å². The molecule has 15 heavy (non-hydrogen) atoms. The third kappa shape index (κ3) is 1.22. The normalized spacial score (nSPS) is 10.9. The van der Waals surface area contributed by atoms with E-state index in [1.807, 2.05) is 0 Å². The second kappa shape index (κ2) is 2.95. The van der Waals surface area contributed by atoms with Crippen molar-refractivity contribution in [3.8, 4) is 10.7 Å². The summed E-state index contributed by atoms with van der Waals surface area (Å²) in [7, 11) is 0. The molecule has 0 saturated carbocycles. The zero-order valence-electron chi connectivity index (χ0n) is 7.40. The van der Waals surface area contributed by atoms with E-state index >= 15 is 0 Å². The van der Waals surface area contributed by atoms with Gasteiger partial charge in [0.2, 0.25) is 4.96 Å². The van der Waals surface area contributed by atoms with Crippen molar-refractivity contribution in [1.29, 1.82) is 0 Å². The summed E-state index contributed by atoms with van der Waals surface area (Å²) < 4.78 is 1.58. The van der Waals surface area contributed by atoms with Crippen molar-refractivity contribution in [2.24, 2.45) is 0 Å². The summed E-state index contributed by atoms with van der Waals surface area (Å²) in [5.41, 5.74) is 6.27. The molecule has 0 saturated heterocycles. The monoisotopic (exact) mass is 219 g/mol. The molecule has 0 aliphatic rings. The summed E-state index contributed by atoms with van der Waals surface area (Å²) in [4.78, 5) is 8.77. The minimum absolute atomic E-state index is 0.363. The molecule has 0 radical (unpaired) electrons. The molecular formula is C7H5N7S. The van der Waals surface area contributed by atoms with E-state index in [1.165, 1.54) is 17.7 Å². The van der Waals surface area contributed by atoms with Crippen LogP contribution in [-0.2, 0) is 0 Å². The van der Waals surface area contributed by atoms with E-state index in [4.69, 9.17) is 5.73 Å². The van der Waals surface area contributed by atoms with Gasteiger partial charge in [0.05, 0.1) is 0 Å². The summed E-state index contributed by atoms with van der Waals surface area (Å²) in [6.07, 6.45) is 4.65. The Morgan fingerprint density at radius 1 is 1.27 bits per heavy atom. The molecule has 0 fully saturated rings. The Bertz CT molecular complexity index is 584. The molecule has 3 heterocycles. The first-order chi connectivity index (χ1) is 7.34. The molecule has 0 atom stereocenters. The molecule has 8 heteroatoms. The third-order valence-electron chi connectivity index (χ3n) is 1.82. The lowest BCUT2D eigenvalue weighted by atomic mass is 10.4. The lowest BCUT2D eigenvalue weighted by Crippen LogP contribution is -1.96. The zero-order valence-corrected chi connectivity index (χ0v) is 8.22. The zero-order chi connectivity index (χ0) is 10.3. The van der Waals surface area contributed by atoms with Crippen LogP contribution >= 0.6 is 11.3 Å². The highest BCUT2D eigenvalue weighted by molar-refractivity contribution is 7.19. The van der Waals surface area contributed by atoms with Crippen LogP contribution in [0.2, 0.25) is 0 Å². The van der Waals surface area contributed by atoms with E-state index in [-0.39, 0.29) is 0 Å². The van der Waals surface area contributed by atoms with Crippen LogP contribution in [0.5, 0.6) is 0 Å². The lowest BCUT2D eigenvalue weighted by Gasteiger charge is -1.96. The van der Waals surface area contributed by atoms with E-state index in [0.29, 0.717) is 21.5 Å². The predicted octanol–water partition coefficient (Wildman–Crippen LogP) is 0.225. The third-order valence-corrected chi connectivity index (χ3v) is 2.74. The highest BCUT2D eigenvalue weighted by atomic mass is 32.1. The second-order valence-electron chi connectivity index (χ2n) is 2.76. The fourth-order valence-corrected chi connectivity index (χ4v) is 1.99. The molecule has 0 bridgehead atoms. The van der Waals surface area contributed by atoms with Gasteiger partial charge < -0.3 is 5.73 Å². The van der Waals surface area contributed by atoms with Crippen molar-refractivity contribution in [1.82, 2.24) is 29.8 Å². The van der Waals surface area contributed by atoms with E-state index in [2.05, 4.69) is 25.3 Å². The number of hydrogen-bond donors (Lipinski definition) is 1. The van der Waals surface area contributed by atoms with Gasteiger partial charge in [-0.2, -0.15) is 9.61 Å². The fourth-order valence-electron chi connectivity index (χ4n) is 1.17. The molecule has 0 spiro atoms. The molecule has 3 aromatic rings. The molecule has 0 aliphatic heterocycles. The molecule has 7 nitrogen and oxygen atoms in total. The Morgan fingerprint density at radius 3 is 2.93 bits per heavy atom. The fraction of sp³-hybridized carbons (Fsp3) is 0. The maximum absolute atomic E-state index is 5.69. The number of nitrogens with two attached hydrogens (primary N) is 1. The summed E-state index contributed by atoms with van der Waals surface area (Å²) in [5, 5.41) is 12.5. The maximum Gasteiger partial charge on any atom is 0.234 e. The standard InChI is InChI=1S/C7H5N7S/c8-5-4(9-1-2-10-5)6-13-14-3-11-12-7(14)15-6/h1-3H,(H2,8,10). The van der Waals surface area contributed by atoms with Crippen LogP contribution in [0.4, 0.5) is 5.82 Å². The Balaban J connectivity index is 2.22. The first kappa shape index (κ1) is 8.24. The molecule has 3 aromatic heterocycles. The average Bonchev–Trinajstić information content (AvgIpc) is 2.77. The van der Waals surface area contributed by atoms with Gasteiger partial charge in [-0.3, -0.25) is 0 Å². The second-order valence-corrected chi connectivity index (χ2v) is 3.71. The van der Waals surface area contributed by atoms with Crippen molar-refractivity contribution >= 4 is 22.1 Å². The van der Waals surface area contributed by atoms with Crippen molar-refractivity contribution in [2.75, 3.05) is 5.73 Å². The first-order valence-electron chi connectivity index (χ1n) is 4.08. The number of fused-ring (bicyclic) bond motifs is 1. The molecule has 2 N–H and O–H groups in total. The van der Waals surface area contributed by atoms with E-state index in [0.717, 1.165) is 0 Å². The highest BCUT2D eigenvalue weighted by Crippen LogP contribution is 2.25. The molecule has 74 valence electrons. The number of anilines is 1. The summed E-state index contributed by atoms with van der Waals surface area (Å²) in [6, 6.07) is 0. The molecular weight excluding hydrogens is 214 g/mol. The van der Waals surface area contributed by atoms with Gasteiger partial charge in [0.1, 0.15) is 12.0 Å². The van der Waals surface area contributed by atoms with Crippen molar-refractivity contribution in [2.45, 2.75) is 0 Å². The lowest BCUT2D eigenvalue weighted by molar-refractivity contribution is 0.955. The quantitative estimate of drug-likeness (QED) is 0.629. The molecule has 0 aromatic carbocycles. The largest absolute Gasteiger partial charge is 0.382 e. The van der Waals surface area contributed by atoms with Gasteiger partial charge in [-0.15, -0.1) is 10.2 Å². The van der Waals surface area contributed by atoms with Gasteiger partial charge >= 0.3 is 0 Å². The molecule has 0 aliphatic carbocycles. The van der Waals surface area contributed by atoms with Gasteiger partial charge in [0.15, 0.2) is 10.8 Å². The van der Waals surface area contributed by atoms with Gasteiger partial charge in [-0.25, -0.2) is 9.97 Å². The summed E-state index contributed by atoms with van der Waals surface area (Å²) >= 11 is 1.37. The number of nitrogens with zero attached hydrogens (tertiary/aromatic N) is 6. The van der Waals surface area contributed by atoms with E-state index in [1.54, 1.807) is 16.9 Å². The van der Waals surface area contributed by atoms with Crippen molar-refractivity contribution in [3.63, 3.8) is 0 Å². The van der Waals surface area contributed by atoms with Gasteiger partial charge in [-0.1, -0.05) is 11.3 Å². The minimum atomic E-state index is 0.363. The maximum atomic E-state index is 5.69. The minimum Gasteiger partial charge on any atom is -0.382 e. The van der Waals surface area contributed by atoms with E-state index < -0.39 is 0 Å². The summed E-state index contributed by atoms with van der Waals surface area (Å²) in [5.74, 6) is 0.363. The van der Waals surface area contributed by atoms with Crippen LogP contribution in [0.1, 0.15) is 0 Å². The Hall–Kier alpha value is -2.09. The number of hydrogen-bond acceptors (Lipinski definition) is 7. The number of aromatic nitrogens is 6. The molecule has 0 unspecified atom stereocenters. The SMILES string of the molecule is Nc1nccnc1-c1nn2cnnc2s1. The Morgan fingerprint density at radius 2 is 2.13 bits per heavy atom. The average molecular weight is 219 g/mol. The number of rotatable bonds is 1. The van der Waals surface area contributed by atoms with E-state index in [9.17, 15) is 0 Å². The topological polar surface area (TPSA) is 94.9 Å². The highest BCUT2D eigenvalue weighted by Gasteiger charge is 2.11. The smallest absolute Gasteiger partial charge is 0.234 e. The predicted molar refractivity (Wildman–Crippen MR) is 54.1 cm³/mol. The first-order valence-corrected chi connectivity index (χ1v) is 4.90. The van der Waals surface area contributed by atoms with Crippen molar-refractivity contribution < 1.29 is 0 Å². The molecule has 3 rings (SSSR count). The van der Waals surface area contributed by atoms with Crippen molar-refractivity contribution in [3.05, 3.63) is 18.7 Å². The van der Waals surface area contributed by atoms with Gasteiger partial charge in [0, 0.05) is 12.4 Å². The van der Waals surface area contributed by atoms with Crippen LogP contribution in [0.3, 0.4) is 0 Å². The van der Waals surface area contributed by atoms with Crippen LogP contribution in [0, 0.1) is 0 Å². The Kier molecular flexibility index (Phi) is 1.62. The molecule has 0 amide bonds. The summed E-state index contributed by atoms with van der Waals surface area (Å²) in [6.45, 7) is 0. The van der Waals surface area contributed by atoms with Crippen LogP contribution in [0.25, 0.3) is 15.7 Å². The Labute approximate surface area is 87.6 Å². The van der Waals surface area contributed by atoms with Crippen LogP contribution in [0.15, 0.2) is 18.7 Å².